The minimum Gasteiger partial charge on any atom is -0.444 e. The Hall–Kier alpha value is -2.33. The van der Waals surface area contributed by atoms with Crippen LogP contribution in [0.5, 0.6) is 0 Å². The number of allylic oxidation sites excluding steroid dienone is 3. The fourth-order valence-corrected chi connectivity index (χ4v) is 6.82. The molecule has 0 spiro atoms. The maximum atomic E-state index is 13.6. The van der Waals surface area contributed by atoms with Crippen LogP contribution in [0.25, 0.3) is 11.0 Å². The highest BCUT2D eigenvalue weighted by Gasteiger charge is 2.40. The number of hydrogen-bond donors (Lipinski definition) is 1. The molecule has 8 nitrogen and oxygen atoms in total. The predicted molar refractivity (Wildman–Crippen MR) is 138 cm³/mol. The molecule has 1 fully saturated rings. The van der Waals surface area contributed by atoms with Crippen LogP contribution < -0.4 is 5.32 Å². The van der Waals surface area contributed by atoms with E-state index in [1.165, 1.54) is 3.97 Å². The Balaban J connectivity index is 1.58. The molecule has 1 aliphatic carbocycles. The van der Waals surface area contributed by atoms with E-state index < -0.39 is 20.4 Å². The van der Waals surface area contributed by atoms with Crippen LogP contribution in [0.15, 0.2) is 47.2 Å². The minimum absolute atomic E-state index is 0.0201. The van der Waals surface area contributed by atoms with Gasteiger partial charge in [0.1, 0.15) is 10.3 Å². The van der Waals surface area contributed by atoms with Gasteiger partial charge in [-0.15, -0.1) is 0 Å². The average Bonchev–Trinajstić information content (AvgIpc) is 3.18. The van der Waals surface area contributed by atoms with E-state index >= 15 is 0 Å². The Kier molecular flexibility index (Phi) is 6.58. The number of nitrogens with one attached hydrogen (secondary N) is 1. The van der Waals surface area contributed by atoms with Crippen LogP contribution in [-0.2, 0) is 14.8 Å². The van der Waals surface area contributed by atoms with Crippen molar-refractivity contribution in [1.82, 2.24) is 13.9 Å². The SMILES string of the molecule is CC(C)(C)OC(=O)N1CCC[C@@H](Nc2ccnc3c2ccn3S(=O)(=O)C2(C)C=C(Br)C=CC2)C1. The van der Waals surface area contributed by atoms with Gasteiger partial charge in [0, 0.05) is 47.1 Å². The van der Waals surface area contributed by atoms with Crippen LogP contribution in [0.1, 0.15) is 47.0 Å². The number of aromatic nitrogens is 2. The molecule has 4 rings (SSSR count). The number of piperidine rings is 1. The van der Waals surface area contributed by atoms with Crippen LogP contribution in [0.3, 0.4) is 0 Å². The van der Waals surface area contributed by atoms with Crippen LogP contribution in [-0.4, -0.2) is 57.8 Å². The number of hydrogen-bond acceptors (Lipinski definition) is 6. The standard InChI is InChI=1S/C24H31BrN4O4S/c1-23(2,3)33-22(30)28-13-6-8-18(16-28)27-20-9-12-26-21-19(20)10-14-29(21)34(31,32)24(4)11-5-7-17(25)15-24/h5,7,9-10,12,14-15,18H,6,8,11,13,16H2,1-4H3,(H,26,27)/t18-,24?/m1/s1. The minimum atomic E-state index is -3.77. The molecule has 1 unspecified atom stereocenters. The lowest BCUT2D eigenvalue weighted by atomic mass is 10.0. The van der Waals surface area contributed by atoms with Gasteiger partial charge in [-0.25, -0.2) is 22.2 Å². The molecule has 2 atom stereocenters. The van der Waals surface area contributed by atoms with Gasteiger partial charge >= 0.3 is 6.09 Å². The first kappa shape index (κ1) is 24.8. The van der Waals surface area contributed by atoms with E-state index in [1.807, 2.05) is 39.0 Å². The Morgan fingerprint density at radius 1 is 1.32 bits per heavy atom. The molecule has 1 saturated heterocycles. The number of carbonyl (C=O) groups excluding carboxylic acids is 1. The summed E-state index contributed by atoms with van der Waals surface area (Å²) in [4.78, 5) is 18.6. The van der Waals surface area contributed by atoms with Crippen molar-refractivity contribution in [3.63, 3.8) is 0 Å². The lowest BCUT2D eigenvalue weighted by molar-refractivity contribution is 0.0206. The molecule has 10 heteroatoms. The highest BCUT2D eigenvalue weighted by Crippen LogP contribution is 2.35. The second-order valence-electron chi connectivity index (χ2n) is 10.1. The number of rotatable bonds is 4. The van der Waals surface area contributed by atoms with E-state index in [2.05, 4.69) is 26.2 Å². The van der Waals surface area contributed by atoms with Crippen molar-refractivity contribution >= 4 is 48.8 Å². The third-order valence-electron chi connectivity index (χ3n) is 6.08. The summed E-state index contributed by atoms with van der Waals surface area (Å²) in [5.74, 6) is 0. The third-order valence-corrected chi connectivity index (χ3v) is 8.85. The summed E-state index contributed by atoms with van der Waals surface area (Å²) in [5, 5.41) is 4.23. The van der Waals surface area contributed by atoms with Crippen molar-refractivity contribution in [2.24, 2.45) is 0 Å². The number of fused-ring (bicyclic) bond motifs is 1. The number of amides is 1. The summed E-state index contributed by atoms with van der Waals surface area (Å²) in [7, 11) is -3.77. The average molecular weight is 552 g/mol. The zero-order chi connectivity index (χ0) is 24.7. The molecule has 0 bridgehead atoms. The highest BCUT2D eigenvalue weighted by atomic mass is 79.9. The molecule has 1 amide bonds. The molecule has 1 N–H and O–H groups in total. The smallest absolute Gasteiger partial charge is 0.410 e. The summed E-state index contributed by atoms with van der Waals surface area (Å²) in [5.41, 5.74) is 0.629. The molecule has 0 saturated carbocycles. The van der Waals surface area contributed by atoms with Gasteiger partial charge in [-0.2, -0.15) is 0 Å². The number of anilines is 1. The van der Waals surface area contributed by atoms with E-state index in [9.17, 15) is 13.2 Å². The summed E-state index contributed by atoms with van der Waals surface area (Å²) in [6.45, 7) is 8.46. The summed E-state index contributed by atoms with van der Waals surface area (Å²) < 4.78 is 33.7. The largest absolute Gasteiger partial charge is 0.444 e. The molecule has 2 aromatic heterocycles. The first-order valence-corrected chi connectivity index (χ1v) is 13.6. The fourth-order valence-electron chi connectivity index (χ4n) is 4.35. The van der Waals surface area contributed by atoms with E-state index in [-0.39, 0.29) is 12.1 Å². The van der Waals surface area contributed by atoms with Crippen molar-refractivity contribution in [1.29, 1.82) is 0 Å². The van der Waals surface area contributed by atoms with Crippen molar-refractivity contribution in [2.75, 3.05) is 18.4 Å². The third kappa shape index (κ3) is 4.88. The van der Waals surface area contributed by atoms with Crippen molar-refractivity contribution in [3.05, 3.63) is 47.2 Å². The van der Waals surface area contributed by atoms with Gasteiger partial charge in [0.05, 0.1) is 0 Å². The van der Waals surface area contributed by atoms with Gasteiger partial charge in [-0.3, -0.25) is 0 Å². The van der Waals surface area contributed by atoms with Gasteiger partial charge in [0.25, 0.3) is 0 Å². The molecule has 34 heavy (non-hydrogen) atoms. The Labute approximate surface area is 209 Å². The van der Waals surface area contributed by atoms with Gasteiger partial charge in [0.15, 0.2) is 5.65 Å². The van der Waals surface area contributed by atoms with Crippen molar-refractivity contribution < 1.29 is 17.9 Å². The number of pyridine rings is 1. The molecule has 2 aromatic rings. The second-order valence-corrected chi connectivity index (χ2v) is 13.3. The number of carbonyl (C=O) groups is 1. The van der Waals surface area contributed by atoms with Crippen LogP contribution >= 0.6 is 15.9 Å². The number of halogens is 1. The van der Waals surface area contributed by atoms with Gasteiger partial charge in [-0.05, 0) is 65.2 Å². The number of likely N-dealkylation sites (tertiary alicyclic amines) is 1. The van der Waals surface area contributed by atoms with Gasteiger partial charge in [-0.1, -0.05) is 28.1 Å². The predicted octanol–water partition coefficient (Wildman–Crippen LogP) is 5.02. The topological polar surface area (TPSA) is 93.5 Å². The van der Waals surface area contributed by atoms with Gasteiger partial charge < -0.3 is 15.0 Å². The molecule has 2 aliphatic rings. The second kappa shape index (κ2) is 9.03. The van der Waals surface area contributed by atoms with E-state index in [4.69, 9.17) is 4.74 Å². The molecular formula is C24H31BrN4O4S. The molecule has 1 aliphatic heterocycles. The molecule has 184 valence electrons. The van der Waals surface area contributed by atoms with E-state index in [0.29, 0.717) is 25.2 Å². The van der Waals surface area contributed by atoms with Crippen LogP contribution in [0.2, 0.25) is 0 Å². The number of nitrogens with zero attached hydrogens (tertiary/aromatic N) is 3. The molecule has 3 heterocycles. The summed E-state index contributed by atoms with van der Waals surface area (Å²) in [6.07, 6.45) is 10.4. The maximum absolute atomic E-state index is 13.6. The lowest BCUT2D eigenvalue weighted by Crippen LogP contribution is -2.47. The first-order valence-electron chi connectivity index (χ1n) is 11.4. The Bertz CT molecular complexity index is 1260. The first-order chi connectivity index (χ1) is 15.9. The monoisotopic (exact) mass is 550 g/mol. The zero-order valence-corrected chi connectivity index (χ0v) is 22.3. The number of ether oxygens (including phenoxy) is 1. The quantitative estimate of drug-likeness (QED) is 0.574. The van der Waals surface area contributed by atoms with Crippen LogP contribution in [0, 0.1) is 0 Å². The Morgan fingerprint density at radius 3 is 2.79 bits per heavy atom. The van der Waals surface area contributed by atoms with E-state index in [0.717, 1.165) is 28.4 Å². The van der Waals surface area contributed by atoms with Crippen molar-refractivity contribution in [2.45, 2.75) is 63.3 Å². The highest BCUT2D eigenvalue weighted by molar-refractivity contribution is 9.11. The Morgan fingerprint density at radius 2 is 2.09 bits per heavy atom. The summed E-state index contributed by atoms with van der Waals surface area (Å²) >= 11 is 3.41. The lowest BCUT2D eigenvalue weighted by Gasteiger charge is -2.35. The maximum Gasteiger partial charge on any atom is 0.410 e. The normalized spacial score (nSPS) is 23.6. The molecule has 0 radical (unpaired) electrons. The van der Waals surface area contributed by atoms with Crippen LogP contribution in [0.4, 0.5) is 10.5 Å². The van der Waals surface area contributed by atoms with Crippen molar-refractivity contribution in [3.8, 4) is 0 Å². The molecular weight excluding hydrogens is 520 g/mol. The zero-order valence-electron chi connectivity index (χ0n) is 19.9. The van der Waals surface area contributed by atoms with Gasteiger partial charge in [0.2, 0.25) is 10.0 Å². The van der Waals surface area contributed by atoms with E-state index in [1.54, 1.807) is 36.4 Å². The summed E-state index contributed by atoms with van der Waals surface area (Å²) in [6, 6.07) is 3.64. The fraction of sp³-hybridized carbons (Fsp3) is 0.500. The molecule has 0 aromatic carbocycles.